The van der Waals surface area contributed by atoms with Crippen LogP contribution in [0, 0.1) is 5.92 Å². The zero-order chi connectivity index (χ0) is 17.6. The number of benzene rings is 1. The van der Waals surface area contributed by atoms with Crippen LogP contribution in [0.3, 0.4) is 0 Å². The van der Waals surface area contributed by atoms with Gasteiger partial charge < -0.3 is 10.6 Å². The zero-order valence-corrected chi connectivity index (χ0v) is 14.8. The summed E-state index contributed by atoms with van der Waals surface area (Å²) < 4.78 is 0. The number of aromatic nitrogens is 1. The molecule has 5 nitrogen and oxygen atoms in total. The van der Waals surface area contributed by atoms with E-state index in [-0.39, 0.29) is 0 Å². The van der Waals surface area contributed by atoms with Crippen LogP contribution in [0.4, 0.5) is 5.82 Å². The molecular formula is C20H26N4O. The van der Waals surface area contributed by atoms with Gasteiger partial charge in [-0.2, -0.15) is 0 Å². The minimum atomic E-state index is -0.438. The van der Waals surface area contributed by atoms with Gasteiger partial charge in [0.2, 0.25) is 5.91 Å². The molecule has 1 aliphatic heterocycles. The maximum atomic E-state index is 11.1. The van der Waals surface area contributed by atoms with Gasteiger partial charge in [-0.15, -0.1) is 0 Å². The van der Waals surface area contributed by atoms with E-state index in [9.17, 15) is 4.79 Å². The molecule has 0 aliphatic carbocycles. The fourth-order valence-electron chi connectivity index (χ4n) is 3.41. The molecule has 2 heterocycles. The highest BCUT2D eigenvalue weighted by molar-refractivity contribution is 5.92. The van der Waals surface area contributed by atoms with Crippen molar-refractivity contribution in [2.24, 2.45) is 11.7 Å². The number of carbonyl (C=O) groups is 1. The van der Waals surface area contributed by atoms with E-state index >= 15 is 0 Å². The van der Waals surface area contributed by atoms with E-state index < -0.39 is 5.91 Å². The van der Waals surface area contributed by atoms with Crippen molar-refractivity contribution >= 4 is 11.7 Å². The third-order valence-electron chi connectivity index (χ3n) is 4.91. The van der Waals surface area contributed by atoms with E-state index in [1.807, 2.05) is 6.07 Å². The molecule has 2 N–H and O–H groups in total. The number of nitrogens with two attached hydrogens (primary N) is 1. The smallest absolute Gasteiger partial charge is 0.250 e. The zero-order valence-electron chi connectivity index (χ0n) is 14.8. The highest BCUT2D eigenvalue weighted by Gasteiger charge is 2.21. The maximum absolute atomic E-state index is 11.1. The number of hydrogen-bond acceptors (Lipinski definition) is 4. The molecule has 0 atom stereocenters. The lowest BCUT2D eigenvalue weighted by Gasteiger charge is -2.34. The lowest BCUT2D eigenvalue weighted by molar-refractivity contribution is 0.1000. The van der Waals surface area contributed by atoms with Crippen molar-refractivity contribution in [1.82, 2.24) is 9.88 Å². The quantitative estimate of drug-likeness (QED) is 0.879. The first-order valence-corrected chi connectivity index (χ1v) is 8.85. The fraction of sp³-hybridized carbons (Fsp3) is 0.400. The van der Waals surface area contributed by atoms with E-state index in [2.05, 4.69) is 52.2 Å². The Morgan fingerprint density at radius 3 is 2.52 bits per heavy atom. The average Bonchev–Trinajstić information content (AvgIpc) is 2.64. The second-order valence-corrected chi connectivity index (χ2v) is 6.85. The van der Waals surface area contributed by atoms with E-state index in [0.29, 0.717) is 11.5 Å². The highest BCUT2D eigenvalue weighted by Crippen LogP contribution is 2.21. The van der Waals surface area contributed by atoms with Gasteiger partial charge in [-0.05, 0) is 49.5 Å². The first-order valence-electron chi connectivity index (χ1n) is 8.85. The van der Waals surface area contributed by atoms with Gasteiger partial charge in [0.1, 0.15) is 5.82 Å². The Hall–Kier alpha value is -2.40. The topological polar surface area (TPSA) is 62.5 Å². The lowest BCUT2D eigenvalue weighted by Crippen LogP contribution is -2.37. The average molecular weight is 338 g/mol. The van der Waals surface area contributed by atoms with Crippen molar-refractivity contribution < 1.29 is 4.79 Å². The maximum Gasteiger partial charge on any atom is 0.250 e. The van der Waals surface area contributed by atoms with Crippen molar-refractivity contribution in [2.75, 3.05) is 31.6 Å². The first-order chi connectivity index (χ1) is 12.1. The number of hydrogen-bond donors (Lipinski definition) is 1. The molecule has 1 aromatic carbocycles. The normalized spacial score (nSPS) is 15.9. The molecule has 25 heavy (non-hydrogen) atoms. The second kappa shape index (κ2) is 8.12. The number of piperidine rings is 1. The van der Waals surface area contributed by atoms with Crippen molar-refractivity contribution in [3.05, 3.63) is 59.8 Å². The standard InChI is InChI=1S/C20H26N4O/c1-23(19-8-7-18(13-22-19)20(21)25)14-17-9-11-24(12-10-17)15-16-5-3-2-4-6-16/h2-8,13,17H,9-12,14-15H2,1H3,(H2,21,25). The number of rotatable bonds is 6. The second-order valence-electron chi connectivity index (χ2n) is 6.85. The summed E-state index contributed by atoms with van der Waals surface area (Å²) in [6, 6.07) is 14.3. The minimum absolute atomic E-state index is 0.438. The SMILES string of the molecule is CN(CC1CCN(Cc2ccccc2)CC1)c1ccc(C(N)=O)cn1. The third-order valence-corrected chi connectivity index (χ3v) is 4.91. The Bertz CT molecular complexity index is 679. The molecule has 1 aromatic heterocycles. The summed E-state index contributed by atoms with van der Waals surface area (Å²) in [5, 5.41) is 0. The molecular weight excluding hydrogens is 312 g/mol. The molecule has 1 fully saturated rings. The molecule has 0 saturated carbocycles. The summed E-state index contributed by atoms with van der Waals surface area (Å²) in [7, 11) is 2.06. The summed E-state index contributed by atoms with van der Waals surface area (Å²) in [6.45, 7) is 4.31. The first kappa shape index (κ1) is 17.4. The van der Waals surface area contributed by atoms with Gasteiger partial charge >= 0.3 is 0 Å². The van der Waals surface area contributed by atoms with Crippen LogP contribution in [-0.4, -0.2) is 42.5 Å². The number of nitrogens with zero attached hydrogens (tertiary/aromatic N) is 3. The molecule has 0 bridgehead atoms. The van der Waals surface area contributed by atoms with E-state index in [0.717, 1.165) is 32.0 Å². The van der Waals surface area contributed by atoms with E-state index in [1.54, 1.807) is 12.3 Å². The molecule has 1 aliphatic rings. The predicted octanol–water partition coefficient (Wildman–Crippen LogP) is 2.53. The monoisotopic (exact) mass is 338 g/mol. The summed E-state index contributed by atoms with van der Waals surface area (Å²) in [5.41, 5.74) is 7.10. The van der Waals surface area contributed by atoms with Gasteiger partial charge in [-0.3, -0.25) is 9.69 Å². The van der Waals surface area contributed by atoms with Gasteiger partial charge in [0, 0.05) is 26.3 Å². The van der Waals surface area contributed by atoms with Crippen molar-refractivity contribution in [2.45, 2.75) is 19.4 Å². The number of amides is 1. The van der Waals surface area contributed by atoms with Crippen LogP contribution in [0.15, 0.2) is 48.7 Å². The molecule has 2 aromatic rings. The molecule has 132 valence electrons. The van der Waals surface area contributed by atoms with Crippen LogP contribution in [0.5, 0.6) is 0 Å². The molecule has 1 amide bonds. The van der Waals surface area contributed by atoms with Gasteiger partial charge in [0.15, 0.2) is 0 Å². The van der Waals surface area contributed by atoms with Crippen LogP contribution in [0.1, 0.15) is 28.8 Å². The van der Waals surface area contributed by atoms with Crippen LogP contribution >= 0.6 is 0 Å². The number of carbonyl (C=O) groups excluding carboxylic acids is 1. The van der Waals surface area contributed by atoms with Crippen LogP contribution in [0.25, 0.3) is 0 Å². The van der Waals surface area contributed by atoms with Crippen molar-refractivity contribution in [1.29, 1.82) is 0 Å². The van der Waals surface area contributed by atoms with E-state index in [1.165, 1.54) is 18.4 Å². The molecule has 1 saturated heterocycles. The van der Waals surface area contributed by atoms with Crippen molar-refractivity contribution in [3.63, 3.8) is 0 Å². The third kappa shape index (κ3) is 4.79. The Kier molecular flexibility index (Phi) is 5.66. The minimum Gasteiger partial charge on any atom is -0.366 e. The Morgan fingerprint density at radius 2 is 1.92 bits per heavy atom. The van der Waals surface area contributed by atoms with Gasteiger partial charge in [-0.25, -0.2) is 4.98 Å². The number of anilines is 1. The largest absolute Gasteiger partial charge is 0.366 e. The fourth-order valence-corrected chi connectivity index (χ4v) is 3.41. The number of likely N-dealkylation sites (tertiary alicyclic amines) is 1. The molecule has 0 unspecified atom stereocenters. The number of primary amides is 1. The van der Waals surface area contributed by atoms with Gasteiger partial charge in [0.05, 0.1) is 5.56 Å². The predicted molar refractivity (Wildman–Crippen MR) is 100 cm³/mol. The Balaban J connectivity index is 1.47. The molecule has 0 spiro atoms. The van der Waals surface area contributed by atoms with Crippen molar-refractivity contribution in [3.8, 4) is 0 Å². The highest BCUT2D eigenvalue weighted by atomic mass is 16.1. The van der Waals surface area contributed by atoms with E-state index in [4.69, 9.17) is 5.73 Å². The van der Waals surface area contributed by atoms with Gasteiger partial charge in [-0.1, -0.05) is 30.3 Å². The van der Waals surface area contributed by atoms with Crippen LogP contribution in [-0.2, 0) is 6.54 Å². The summed E-state index contributed by atoms with van der Waals surface area (Å²) in [5.74, 6) is 1.12. The molecule has 0 radical (unpaired) electrons. The lowest BCUT2D eigenvalue weighted by atomic mass is 9.96. The molecule has 5 heteroatoms. The van der Waals surface area contributed by atoms with Crippen LogP contribution in [0.2, 0.25) is 0 Å². The molecule has 3 rings (SSSR count). The summed E-state index contributed by atoms with van der Waals surface area (Å²) in [4.78, 5) is 20.2. The Morgan fingerprint density at radius 1 is 1.20 bits per heavy atom. The number of pyridine rings is 1. The Labute approximate surface area is 149 Å². The summed E-state index contributed by atoms with van der Waals surface area (Å²) in [6.07, 6.45) is 3.96. The van der Waals surface area contributed by atoms with Gasteiger partial charge in [0.25, 0.3) is 0 Å². The summed E-state index contributed by atoms with van der Waals surface area (Å²) >= 11 is 0. The van der Waals surface area contributed by atoms with Crippen LogP contribution < -0.4 is 10.6 Å².